The van der Waals surface area contributed by atoms with Gasteiger partial charge in [0.05, 0.1) is 2.74 Å². The first-order valence-corrected chi connectivity index (χ1v) is 5.35. The number of pyridine rings is 1. The number of aromatic nitrogens is 1. The molecule has 18 heavy (non-hydrogen) atoms. The van der Waals surface area contributed by atoms with E-state index in [1.165, 1.54) is 0 Å². The van der Waals surface area contributed by atoms with Crippen molar-refractivity contribution in [2.24, 2.45) is 0 Å². The summed E-state index contributed by atoms with van der Waals surface area (Å²) in [5.74, 6) is 0. The molecule has 2 heteroatoms. The fraction of sp³-hybridized carbons (Fsp3) is 0.250. The molecule has 0 bridgehead atoms. The molecule has 0 aliphatic heterocycles. The van der Waals surface area contributed by atoms with Crippen molar-refractivity contribution in [3.05, 3.63) is 61.6 Å². The maximum Gasteiger partial charge on any atom is 0.0833 e. The van der Waals surface area contributed by atoms with E-state index in [2.05, 4.69) is 11.1 Å². The maximum atomic E-state index is 8.06. The summed E-state index contributed by atoms with van der Waals surface area (Å²) in [6.07, 6.45) is 0.241. The second-order valence-electron chi connectivity index (χ2n) is 4.80. The van der Waals surface area contributed by atoms with Crippen LogP contribution in [0.1, 0.15) is 29.1 Å². The van der Waals surface area contributed by atoms with Crippen LogP contribution in [0.5, 0.6) is 0 Å². The molecule has 0 aliphatic carbocycles. The summed E-state index contributed by atoms with van der Waals surface area (Å²) in [7, 11) is 0. The topological polar surface area (TPSA) is 12.9 Å². The predicted molar refractivity (Wildman–Crippen MR) is 73.6 cm³/mol. The monoisotopic (exact) mass is 420 g/mol. The Morgan fingerprint density at radius 1 is 1.22 bits per heavy atom. The molecule has 0 atom stereocenters. The molecule has 1 aromatic heterocycles. The Morgan fingerprint density at radius 2 is 1.94 bits per heavy atom. The molecule has 0 N–H and O–H groups in total. The molecule has 1 heterocycles. The minimum absolute atomic E-state index is 0. The zero-order valence-electron chi connectivity index (χ0n) is 13.2. The molecule has 1 aromatic carbocycles. The second kappa shape index (κ2) is 6.82. The molecule has 0 spiro atoms. The van der Waals surface area contributed by atoms with Crippen LogP contribution in [-0.2, 0) is 25.5 Å². The van der Waals surface area contributed by atoms with Crippen molar-refractivity contribution >= 4 is 0 Å². The average Bonchev–Trinajstić information content (AvgIpc) is 2.31. The van der Waals surface area contributed by atoms with Gasteiger partial charge in [0.2, 0.25) is 0 Å². The first-order valence-electron chi connectivity index (χ1n) is 6.35. The van der Waals surface area contributed by atoms with Crippen molar-refractivity contribution in [1.82, 2.24) is 4.98 Å². The van der Waals surface area contributed by atoms with Crippen molar-refractivity contribution in [2.75, 3.05) is 0 Å². The Bertz CT molecular complexity index is 563. The van der Waals surface area contributed by atoms with Gasteiger partial charge in [0, 0.05) is 26.3 Å². The van der Waals surface area contributed by atoms with Crippen molar-refractivity contribution in [3.8, 4) is 11.3 Å². The van der Waals surface area contributed by atoms with Crippen LogP contribution < -0.4 is 0 Å². The number of hydrogen-bond acceptors (Lipinski definition) is 1. The van der Waals surface area contributed by atoms with E-state index in [9.17, 15) is 0 Å². The van der Waals surface area contributed by atoms with Crippen LogP contribution in [0.25, 0.3) is 11.3 Å². The quantitative estimate of drug-likeness (QED) is 0.629. The van der Waals surface area contributed by atoms with Gasteiger partial charge in [-0.25, -0.2) is 0 Å². The van der Waals surface area contributed by atoms with Gasteiger partial charge in [-0.05, 0) is 16.7 Å². The van der Waals surface area contributed by atoms with Gasteiger partial charge < -0.3 is 12.4 Å². The fourth-order valence-corrected chi connectivity index (χ4v) is 1.38. The van der Waals surface area contributed by atoms with Gasteiger partial charge in [0.15, 0.2) is 0 Å². The Labute approximate surface area is 127 Å². The molecule has 0 amide bonds. The normalized spacial score (nSPS) is 11.7. The van der Waals surface area contributed by atoms with Crippen LogP contribution in [0.3, 0.4) is 0 Å². The molecular formula is C16H19IrN-2. The first-order chi connectivity index (χ1) is 8.39. The van der Waals surface area contributed by atoms with Crippen molar-refractivity contribution < 1.29 is 22.8 Å². The van der Waals surface area contributed by atoms with Gasteiger partial charge in [-0.2, -0.15) is 0 Å². The van der Waals surface area contributed by atoms with E-state index in [1.54, 1.807) is 12.1 Å². The van der Waals surface area contributed by atoms with Crippen LogP contribution in [0.2, 0.25) is 0 Å². The molecule has 2 aromatic rings. The summed E-state index contributed by atoms with van der Waals surface area (Å²) in [5, 5.41) is 0. The molecule has 1 radical (unpaired) electrons. The molecule has 0 unspecified atom stereocenters. The van der Waals surface area contributed by atoms with Gasteiger partial charge in [0.25, 0.3) is 0 Å². The first kappa shape index (κ1) is 13.5. The van der Waals surface area contributed by atoms with E-state index in [1.807, 2.05) is 39.0 Å². The third-order valence-electron chi connectivity index (χ3n) is 2.41. The van der Waals surface area contributed by atoms with Gasteiger partial charge in [-0.1, -0.05) is 32.9 Å². The Kier molecular flexibility index (Phi) is 5.10. The summed E-state index contributed by atoms with van der Waals surface area (Å²) in [5.41, 5.74) is 1.91. The van der Waals surface area contributed by atoms with E-state index in [-0.39, 0.29) is 39.1 Å². The standard InChI is InChI=1S/C15H16N.CH3.Ir/c1-15(2,3)13-9-10-14(16-11-13)12-7-5-4-6-8-12;;/h4-7,9-11H,1-3H3;1H3;/q2*-1;/i10D,11D;;. The summed E-state index contributed by atoms with van der Waals surface area (Å²) in [6.45, 7) is 6.07. The molecule has 0 saturated carbocycles. The molecule has 2 rings (SSSR count). The van der Waals surface area contributed by atoms with E-state index in [0.717, 1.165) is 11.1 Å². The minimum atomic E-state index is -0.168. The van der Waals surface area contributed by atoms with Gasteiger partial charge in [-0.15, -0.1) is 35.9 Å². The number of hydrogen-bond donors (Lipinski definition) is 0. The molecule has 0 aliphatic rings. The molecule has 1 nitrogen and oxygen atoms in total. The fourth-order valence-electron chi connectivity index (χ4n) is 1.38. The Morgan fingerprint density at radius 3 is 2.50 bits per heavy atom. The summed E-state index contributed by atoms with van der Waals surface area (Å²) in [6, 6.07) is 12.5. The third-order valence-corrected chi connectivity index (χ3v) is 2.41. The third kappa shape index (κ3) is 4.04. The van der Waals surface area contributed by atoms with Crippen molar-refractivity contribution in [2.45, 2.75) is 26.2 Å². The number of nitrogens with zero attached hydrogens (tertiary/aromatic N) is 1. The summed E-state index contributed by atoms with van der Waals surface area (Å²) in [4.78, 5) is 4.26. The van der Waals surface area contributed by atoms with Crippen LogP contribution in [0, 0.1) is 13.5 Å². The number of benzene rings is 1. The maximum absolute atomic E-state index is 8.06. The van der Waals surface area contributed by atoms with Gasteiger partial charge in [-0.3, -0.25) is 0 Å². The predicted octanol–water partition coefficient (Wildman–Crippen LogP) is 4.29. The van der Waals surface area contributed by atoms with Crippen LogP contribution >= 0.6 is 0 Å². The van der Waals surface area contributed by atoms with Crippen molar-refractivity contribution in [3.63, 3.8) is 0 Å². The number of rotatable bonds is 1. The SMILES string of the molecule is [2H]c1cc(C(C)(C)C)c([2H])nc1-c1[c-]cccc1.[CH3-].[Ir]. The minimum Gasteiger partial charge on any atom is -0.358 e. The van der Waals surface area contributed by atoms with E-state index in [4.69, 9.17) is 2.74 Å². The van der Waals surface area contributed by atoms with E-state index >= 15 is 0 Å². The molecule has 0 saturated heterocycles. The molecular weight excluding hydrogens is 398 g/mol. The summed E-state index contributed by atoms with van der Waals surface area (Å²) < 4.78 is 16.1. The Hall–Kier alpha value is -0.981. The zero-order valence-corrected chi connectivity index (χ0v) is 13.6. The van der Waals surface area contributed by atoms with Crippen molar-refractivity contribution in [1.29, 1.82) is 0 Å². The average molecular weight is 420 g/mol. The molecule has 99 valence electrons. The second-order valence-corrected chi connectivity index (χ2v) is 4.80. The van der Waals surface area contributed by atoms with Gasteiger partial charge in [0.1, 0.15) is 0 Å². The smallest absolute Gasteiger partial charge is 0.0833 e. The molecule has 0 fully saturated rings. The van der Waals surface area contributed by atoms with Crippen LogP contribution in [0.15, 0.2) is 42.5 Å². The van der Waals surface area contributed by atoms with Crippen LogP contribution in [0.4, 0.5) is 0 Å². The summed E-state index contributed by atoms with van der Waals surface area (Å²) >= 11 is 0. The Balaban J connectivity index is 0.00000180. The largest absolute Gasteiger partial charge is 0.358 e. The van der Waals surface area contributed by atoms with Crippen LogP contribution in [-0.4, -0.2) is 4.98 Å². The van der Waals surface area contributed by atoms with Gasteiger partial charge >= 0.3 is 0 Å². The zero-order chi connectivity index (χ0) is 13.3. The van der Waals surface area contributed by atoms with E-state index in [0.29, 0.717) is 11.7 Å². The van der Waals surface area contributed by atoms with E-state index < -0.39 is 0 Å².